The van der Waals surface area contributed by atoms with E-state index < -0.39 is 0 Å². The zero-order valence-corrected chi connectivity index (χ0v) is 13.9. The predicted octanol–water partition coefficient (Wildman–Crippen LogP) is 3.24. The Morgan fingerprint density at radius 1 is 1.05 bits per heavy atom. The van der Waals surface area contributed by atoms with Crippen molar-refractivity contribution in [3.05, 3.63) is 0 Å². The number of piperidine rings is 1. The molecule has 0 aliphatic carbocycles. The molecule has 2 fully saturated rings. The number of rotatable bonds is 3. The first-order valence-corrected chi connectivity index (χ1v) is 8.24. The van der Waals surface area contributed by atoms with Gasteiger partial charge in [-0.15, -0.1) is 0 Å². The molecule has 2 rings (SSSR count). The first-order valence-electron chi connectivity index (χ1n) is 8.24. The van der Waals surface area contributed by atoms with Crippen molar-refractivity contribution in [1.29, 1.82) is 0 Å². The molecular formula is C17H32N2O. The van der Waals surface area contributed by atoms with Gasteiger partial charge in [0.1, 0.15) is 0 Å². The van der Waals surface area contributed by atoms with Crippen LogP contribution in [0.1, 0.15) is 73.1 Å². The Morgan fingerprint density at radius 2 is 1.75 bits per heavy atom. The van der Waals surface area contributed by atoms with Gasteiger partial charge in [-0.05, 0) is 36.5 Å². The third-order valence-electron chi connectivity index (χ3n) is 5.24. The van der Waals surface area contributed by atoms with Crippen LogP contribution in [-0.4, -0.2) is 24.0 Å². The molecule has 2 saturated heterocycles. The summed E-state index contributed by atoms with van der Waals surface area (Å²) in [7, 11) is 0. The molecular weight excluding hydrogens is 248 g/mol. The topological polar surface area (TPSA) is 41.1 Å². The standard InChI is InChI=1S/C17H32N2O/c1-16(2,3)13-8-6-7-12(18-13)11-17(4,5)14-9-10-15(20)19-14/h12-14,18H,6-11H2,1-5H3,(H,19,20). The average molecular weight is 280 g/mol. The van der Waals surface area contributed by atoms with E-state index in [2.05, 4.69) is 45.3 Å². The second kappa shape index (κ2) is 5.67. The van der Waals surface area contributed by atoms with Crippen LogP contribution in [0, 0.1) is 10.8 Å². The van der Waals surface area contributed by atoms with Gasteiger partial charge in [-0.25, -0.2) is 0 Å². The van der Waals surface area contributed by atoms with Crippen LogP contribution < -0.4 is 10.6 Å². The van der Waals surface area contributed by atoms with Gasteiger partial charge >= 0.3 is 0 Å². The molecule has 0 aromatic carbocycles. The Bertz CT molecular complexity index is 356. The summed E-state index contributed by atoms with van der Waals surface area (Å²) >= 11 is 0. The number of carbonyl (C=O) groups excluding carboxylic acids is 1. The Morgan fingerprint density at radius 3 is 2.30 bits per heavy atom. The molecule has 3 unspecified atom stereocenters. The third-order valence-corrected chi connectivity index (χ3v) is 5.24. The summed E-state index contributed by atoms with van der Waals surface area (Å²) in [4.78, 5) is 11.4. The van der Waals surface area contributed by atoms with Gasteiger partial charge in [-0.3, -0.25) is 4.79 Å². The molecule has 3 heteroatoms. The summed E-state index contributed by atoms with van der Waals surface area (Å²) in [5.74, 6) is 0.229. The average Bonchev–Trinajstić information content (AvgIpc) is 2.75. The number of hydrogen-bond acceptors (Lipinski definition) is 2. The molecule has 0 aromatic heterocycles. The highest BCUT2D eigenvalue weighted by Crippen LogP contribution is 2.36. The van der Waals surface area contributed by atoms with Crippen LogP contribution in [-0.2, 0) is 4.79 Å². The van der Waals surface area contributed by atoms with Crippen LogP contribution in [0.2, 0.25) is 0 Å². The van der Waals surface area contributed by atoms with Crippen LogP contribution in [0.5, 0.6) is 0 Å². The van der Waals surface area contributed by atoms with E-state index in [9.17, 15) is 4.79 Å². The fourth-order valence-corrected chi connectivity index (χ4v) is 3.84. The number of nitrogens with one attached hydrogen (secondary N) is 2. The molecule has 2 N–H and O–H groups in total. The molecule has 2 heterocycles. The highest BCUT2D eigenvalue weighted by molar-refractivity contribution is 5.78. The molecule has 0 spiro atoms. The quantitative estimate of drug-likeness (QED) is 0.833. The van der Waals surface area contributed by atoms with Gasteiger partial charge < -0.3 is 10.6 Å². The van der Waals surface area contributed by atoms with Crippen molar-refractivity contribution in [2.45, 2.75) is 91.3 Å². The SMILES string of the molecule is CC(C)(C)C1CCCC(CC(C)(C)C2CCC(=O)N2)N1. The zero-order valence-electron chi connectivity index (χ0n) is 13.9. The van der Waals surface area contributed by atoms with Crippen molar-refractivity contribution in [3.8, 4) is 0 Å². The van der Waals surface area contributed by atoms with E-state index in [1.165, 1.54) is 19.3 Å². The van der Waals surface area contributed by atoms with E-state index in [1.54, 1.807) is 0 Å². The van der Waals surface area contributed by atoms with E-state index >= 15 is 0 Å². The Labute approximate surface area is 124 Å². The van der Waals surface area contributed by atoms with Crippen molar-refractivity contribution in [2.75, 3.05) is 0 Å². The van der Waals surface area contributed by atoms with Gasteiger partial charge in [0.05, 0.1) is 0 Å². The molecule has 20 heavy (non-hydrogen) atoms. The highest BCUT2D eigenvalue weighted by atomic mass is 16.1. The van der Waals surface area contributed by atoms with Crippen LogP contribution >= 0.6 is 0 Å². The lowest BCUT2D eigenvalue weighted by atomic mass is 9.74. The molecule has 0 bridgehead atoms. The van der Waals surface area contributed by atoms with E-state index in [-0.39, 0.29) is 11.3 Å². The second-order valence-corrected chi connectivity index (χ2v) is 8.56. The number of carbonyl (C=O) groups is 1. The lowest BCUT2D eigenvalue weighted by Crippen LogP contribution is -2.52. The van der Waals surface area contributed by atoms with Crippen molar-refractivity contribution in [1.82, 2.24) is 10.6 Å². The van der Waals surface area contributed by atoms with Crippen molar-refractivity contribution in [2.24, 2.45) is 10.8 Å². The molecule has 116 valence electrons. The van der Waals surface area contributed by atoms with Gasteiger partial charge in [0.25, 0.3) is 0 Å². The summed E-state index contributed by atoms with van der Waals surface area (Å²) in [5, 5.41) is 7.03. The zero-order chi connectivity index (χ0) is 15.0. The van der Waals surface area contributed by atoms with Crippen molar-refractivity contribution in [3.63, 3.8) is 0 Å². The summed E-state index contributed by atoms with van der Waals surface area (Å²) in [6.45, 7) is 11.6. The molecule has 3 atom stereocenters. The highest BCUT2D eigenvalue weighted by Gasteiger charge is 2.38. The fraction of sp³-hybridized carbons (Fsp3) is 0.941. The lowest BCUT2D eigenvalue weighted by molar-refractivity contribution is -0.119. The Balaban J connectivity index is 1.93. The van der Waals surface area contributed by atoms with E-state index in [0.717, 1.165) is 12.8 Å². The van der Waals surface area contributed by atoms with Crippen LogP contribution in [0.15, 0.2) is 0 Å². The fourth-order valence-electron chi connectivity index (χ4n) is 3.84. The molecule has 0 radical (unpaired) electrons. The van der Waals surface area contributed by atoms with Crippen molar-refractivity contribution < 1.29 is 4.79 Å². The predicted molar refractivity (Wildman–Crippen MR) is 83.6 cm³/mol. The summed E-state index contributed by atoms with van der Waals surface area (Å²) in [6.07, 6.45) is 6.76. The summed E-state index contributed by atoms with van der Waals surface area (Å²) in [6, 6.07) is 1.57. The lowest BCUT2D eigenvalue weighted by Gasteiger charge is -2.42. The minimum atomic E-state index is 0.184. The first kappa shape index (κ1) is 15.8. The van der Waals surface area contributed by atoms with Crippen LogP contribution in [0.4, 0.5) is 0 Å². The van der Waals surface area contributed by atoms with E-state index in [4.69, 9.17) is 0 Å². The molecule has 3 nitrogen and oxygen atoms in total. The number of hydrogen-bond donors (Lipinski definition) is 2. The van der Waals surface area contributed by atoms with E-state index in [0.29, 0.717) is 30.0 Å². The minimum Gasteiger partial charge on any atom is -0.353 e. The van der Waals surface area contributed by atoms with Gasteiger partial charge in [0, 0.05) is 24.5 Å². The monoisotopic (exact) mass is 280 g/mol. The normalized spacial score (nSPS) is 32.2. The Kier molecular flexibility index (Phi) is 4.48. The first-order chi connectivity index (χ1) is 9.18. The largest absolute Gasteiger partial charge is 0.353 e. The van der Waals surface area contributed by atoms with Crippen LogP contribution in [0.3, 0.4) is 0 Å². The molecule has 2 aliphatic rings. The summed E-state index contributed by atoms with van der Waals surface area (Å²) < 4.78 is 0. The maximum atomic E-state index is 11.4. The second-order valence-electron chi connectivity index (χ2n) is 8.56. The number of amides is 1. The summed E-state index contributed by atoms with van der Waals surface area (Å²) in [5.41, 5.74) is 0.522. The van der Waals surface area contributed by atoms with Gasteiger partial charge in [0.15, 0.2) is 0 Å². The smallest absolute Gasteiger partial charge is 0.220 e. The van der Waals surface area contributed by atoms with Gasteiger partial charge in [0.2, 0.25) is 5.91 Å². The van der Waals surface area contributed by atoms with Crippen LogP contribution in [0.25, 0.3) is 0 Å². The van der Waals surface area contributed by atoms with Gasteiger partial charge in [-0.1, -0.05) is 41.0 Å². The molecule has 0 aromatic rings. The maximum Gasteiger partial charge on any atom is 0.220 e. The minimum absolute atomic E-state index is 0.184. The van der Waals surface area contributed by atoms with E-state index in [1.807, 2.05) is 0 Å². The third kappa shape index (κ3) is 3.75. The Hall–Kier alpha value is -0.570. The maximum absolute atomic E-state index is 11.4. The molecule has 1 amide bonds. The molecule has 2 aliphatic heterocycles. The van der Waals surface area contributed by atoms with Gasteiger partial charge in [-0.2, -0.15) is 0 Å². The molecule has 0 saturated carbocycles. The van der Waals surface area contributed by atoms with Crippen molar-refractivity contribution >= 4 is 5.91 Å².